The molecule has 1 N–H and O–H groups in total. The number of amides is 1. The second-order valence-corrected chi connectivity index (χ2v) is 8.11. The highest BCUT2D eigenvalue weighted by Gasteiger charge is 2.19. The molecule has 0 unspecified atom stereocenters. The van der Waals surface area contributed by atoms with E-state index in [1.54, 1.807) is 6.08 Å². The molecule has 5 rings (SSSR count). The Morgan fingerprint density at radius 3 is 2.78 bits per heavy atom. The highest BCUT2D eigenvalue weighted by molar-refractivity contribution is 7.99. The Morgan fingerprint density at radius 1 is 1.06 bits per heavy atom. The quantitative estimate of drug-likeness (QED) is 0.328. The minimum absolute atomic E-state index is 0.108. The maximum Gasteiger partial charge on any atom is 0.234 e. The van der Waals surface area contributed by atoms with Crippen LogP contribution in [0, 0.1) is 0 Å². The van der Waals surface area contributed by atoms with Gasteiger partial charge in [-0.15, -0.1) is 16.8 Å². The van der Waals surface area contributed by atoms with Crippen LogP contribution in [0.3, 0.4) is 0 Å². The predicted octanol–water partition coefficient (Wildman–Crippen LogP) is 4.74. The normalized spacial score (nSPS) is 12.1. The second kappa shape index (κ2) is 8.76. The summed E-state index contributed by atoms with van der Waals surface area (Å²) in [5.41, 5.74) is 1.62. The lowest BCUT2D eigenvalue weighted by Crippen LogP contribution is -2.14. The number of nitrogens with zero attached hydrogens (tertiary/aromatic N) is 3. The summed E-state index contributed by atoms with van der Waals surface area (Å²) in [7, 11) is 0. The van der Waals surface area contributed by atoms with Crippen LogP contribution < -0.4 is 14.8 Å². The van der Waals surface area contributed by atoms with Gasteiger partial charge < -0.3 is 14.8 Å². The molecule has 0 atom stereocenters. The molecule has 1 aromatic heterocycles. The molecule has 3 aromatic carbocycles. The average molecular weight is 445 g/mol. The number of thioether (sulfide) groups is 1. The number of allylic oxidation sites excluding steroid dienone is 1. The molecule has 0 saturated carbocycles. The van der Waals surface area contributed by atoms with Crippen LogP contribution in [0.5, 0.6) is 11.5 Å². The molecule has 0 radical (unpaired) electrons. The molecular formula is C24H20N4O3S. The molecule has 32 heavy (non-hydrogen) atoms. The summed E-state index contributed by atoms with van der Waals surface area (Å²) in [5, 5.41) is 14.5. The number of nitrogens with one attached hydrogen (secondary N) is 1. The lowest BCUT2D eigenvalue weighted by Gasteiger charge is -2.09. The second-order valence-electron chi connectivity index (χ2n) is 7.17. The minimum atomic E-state index is -0.108. The summed E-state index contributed by atoms with van der Waals surface area (Å²) < 4.78 is 12.8. The summed E-state index contributed by atoms with van der Waals surface area (Å²) in [6.07, 6.45) is 1.78. The largest absolute Gasteiger partial charge is 0.454 e. The summed E-state index contributed by atoms with van der Waals surface area (Å²) in [6, 6.07) is 19.6. The molecule has 0 aliphatic carbocycles. The van der Waals surface area contributed by atoms with Gasteiger partial charge in [-0.25, -0.2) is 0 Å². The van der Waals surface area contributed by atoms with Gasteiger partial charge in [-0.3, -0.25) is 9.36 Å². The lowest BCUT2D eigenvalue weighted by molar-refractivity contribution is -0.113. The van der Waals surface area contributed by atoms with E-state index < -0.39 is 0 Å². The van der Waals surface area contributed by atoms with Crippen molar-refractivity contribution in [2.75, 3.05) is 17.9 Å². The average Bonchev–Trinajstić information content (AvgIpc) is 3.44. The van der Waals surface area contributed by atoms with Crippen molar-refractivity contribution in [2.24, 2.45) is 0 Å². The standard InChI is InChI=1S/C24H20N4O3S/c1-2-11-28-23(18-8-10-20-21(13-18)31-15-30-20)26-27-24(28)32-14-22(29)25-19-9-7-16-5-3-4-6-17(16)12-19/h2-10,12-13H,1,11,14-15H2,(H,25,29). The van der Waals surface area contributed by atoms with Gasteiger partial charge in [-0.1, -0.05) is 48.2 Å². The first-order valence-electron chi connectivity index (χ1n) is 10.1. The number of carbonyl (C=O) groups excluding carboxylic acids is 1. The number of carbonyl (C=O) groups is 1. The van der Waals surface area contributed by atoms with Crippen LogP contribution in [0.15, 0.2) is 78.5 Å². The Morgan fingerprint density at radius 2 is 1.91 bits per heavy atom. The number of rotatable bonds is 7. The molecule has 0 saturated heterocycles. The van der Waals surface area contributed by atoms with E-state index in [9.17, 15) is 4.79 Å². The van der Waals surface area contributed by atoms with Crippen molar-refractivity contribution in [1.82, 2.24) is 14.8 Å². The van der Waals surface area contributed by atoms with E-state index in [-0.39, 0.29) is 18.5 Å². The van der Waals surface area contributed by atoms with E-state index in [2.05, 4.69) is 22.1 Å². The summed E-state index contributed by atoms with van der Waals surface area (Å²) in [4.78, 5) is 12.6. The van der Waals surface area contributed by atoms with Gasteiger partial charge >= 0.3 is 0 Å². The molecule has 8 heteroatoms. The van der Waals surface area contributed by atoms with Gasteiger partial charge in [-0.05, 0) is 41.1 Å². The maximum atomic E-state index is 12.6. The minimum Gasteiger partial charge on any atom is -0.454 e. The van der Waals surface area contributed by atoms with Crippen LogP contribution in [0.25, 0.3) is 22.2 Å². The van der Waals surface area contributed by atoms with Crippen molar-refractivity contribution in [1.29, 1.82) is 0 Å². The van der Waals surface area contributed by atoms with E-state index in [0.717, 1.165) is 22.0 Å². The van der Waals surface area contributed by atoms with Gasteiger partial charge in [0, 0.05) is 17.8 Å². The topological polar surface area (TPSA) is 78.3 Å². The molecule has 1 aliphatic heterocycles. The molecule has 4 aromatic rings. The zero-order chi connectivity index (χ0) is 21.9. The maximum absolute atomic E-state index is 12.6. The first-order chi connectivity index (χ1) is 15.7. The van der Waals surface area contributed by atoms with Gasteiger partial charge in [-0.2, -0.15) is 0 Å². The van der Waals surface area contributed by atoms with E-state index in [0.29, 0.717) is 29.0 Å². The molecule has 7 nitrogen and oxygen atoms in total. The fourth-order valence-electron chi connectivity index (χ4n) is 3.53. The van der Waals surface area contributed by atoms with Gasteiger partial charge in [0.1, 0.15) is 0 Å². The SMILES string of the molecule is C=CCn1c(SCC(=O)Nc2ccc3ccccc3c2)nnc1-c1ccc2c(c1)OCO2. The van der Waals surface area contributed by atoms with Crippen LogP contribution >= 0.6 is 11.8 Å². The summed E-state index contributed by atoms with van der Waals surface area (Å²) in [6.45, 7) is 4.57. The smallest absolute Gasteiger partial charge is 0.234 e. The number of benzene rings is 3. The first-order valence-corrected chi connectivity index (χ1v) is 11.1. The van der Waals surface area contributed by atoms with E-state index in [1.807, 2.05) is 65.2 Å². The van der Waals surface area contributed by atoms with Gasteiger partial charge in [0.15, 0.2) is 22.5 Å². The molecule has 1 aliphatic rings. The molecular weight excluding hydrogens is 424 g/mol. The van der Waals surface area contributed by atoms with Crippen LogP contribution in [-0.4, -0.2) is 33.2 Å². The van der Waals surface area contributed by atoms with Crippen LogP contribution in [0.2, 0.25) is 0 Å². The Hall–Kier alpha value is -3.78. The van der Waals surface area contributed by atoms with Gasteiger partial charge in [0.25, 0.3) is 0 Å². The van der Waals surface area contributed by atoms with Crippen molar-refractivity contribution < 1.29 is 14.3 Å². The number of hydrogen-bond acceptors (Lipinski definition) is 6. The Labute approximate surface area is 189 Å². The van der Waals surface area contributed by atoms with Gasteiger partial charge in [0.05, 0.1) is 5.75 Å². The molecule has 160 valence electrons. The van der Waals surface area contributed by atoms with Crippen molar-refractivity contribution >= 4 is 34.1 Å². The van der Waals surface area contributed by atoms with Crippen LogP contribution in [0.4, 0.5) is 5.69 Å². The van der Waals surface area contributed by atoms with Crippen LogP contribution in [0.1, 0.15) is 0 Å². The van der Waals surface area contributed by atoms with Crippen molar-refractivity contribution in [3.63, 3.8) is 0 Å². The Kier molecular flexibility index (Phi) is 5.51. The third-order valence-corrected chi connectivity index (χ3v) is 5.99. The molecule has 2 heterocycles. The molecule has 1 amide bonds. The highest BCUT2D eigenvalue weighted by Crippen LogP contribution is 2.36. The fraction of sp³-hybridized carbons (Fsp3) is 0.125. The van der Waals surface area contributed by atoms with E-state index >= 15 is 0 Å². The summed E-state index contributed by atoms with van der Waals surface area (Å²) in [5.74, 6) is 2.18. The van der Waals surface area contributed by atoms with E-state index in [4.69, 9.17) is 9.47 Å². The van der Waals surface area contributed by atoms with E-state index in [1.165, 1.54) is 11.8 Å². The molecule has 0 spiro atoms. The van der Waals surface area contributed by atoms with Crippen molar-refractivity contribution in [2.45, 2.75) is 11.7 Å². The van der Waals surface area contributed by atoms with Crippen molar-refractivity contribution in [3.8, 4) is 22.9 Å². The molecule has 0 fully saturated rings. The fourth-order valence-corrected chi connectivity index (χ4v) is 4.28. The zero-order valence-corrected chi connectivity index (χ0v) is 18.0. The number of hydrogen-bond donors (Lipinski definition) is 1. The third-order valence-electron chi connectivity index (χ3n) is 5.02. The predicted molar refractivity (Wildman–Crippen MR) is 125 cm³/mol. The highest BCUT2D eigenvalue weighted by atomic mass is 32.2. The third kappa shape index (κ3) is 4.04. The lowest BCUT2D eigenvalue weighted by atomic mass is 10.1. The zero-order valence-electron chi connectivity index (χ0n) is 17.2. The van der Waals surface area contributed by atoms with Crippen molar-refractivity contribution in [3.05, 3.63) is 73.3 Å². The number of anilines is 1. The summed E-state index contributed by atoms with van der Waals surface area (Å²) >= 11 is 1.33. The van der Waals surface area contributed by atoms with Crippen LogP contribution in [-0.2, 0) is 11.3 Å². The Bertz CT molecular complexity index is 1320. The first kappa shape index (κ1) is 20.1. The Balaban J connectivity index is 1.30. The number of aromatic nitrogens is 3. The number of fused-ring (bicyclic) bond motifs is 2. The van der Waals surface area contributed by atoms with Gasteiger partial charge in [0.2, 0.25) is 12.7 Å². The molecule has 0 bridgehead atoms. The number of ether oxygens (including phenoxy) is 2. The monoisotopic (exact) mass is 444 g/mol.